The highest BCUT2D eigenvalue weighted by molar-refractivity contribution is 7.89. The highest BCUT2D eigenvalue weighted by Gasteiger charge is 2.27. The number of rotatable bonds is 8. The molecule has 7 heteroatoms. The van der Waals surface area contributed by atoms with Crippen LogP contribution in [0.15, 0.2) is 41.8 Å². The summed E-state index contributed by atoms with van der Waals surface area (Å²) in [5.41, 5.74) is 0. The molecule has 24 heavy (non-hydrogen) atoms. The molecule has 2 rings (SSSR count). The zero-order chi connectivity index (χ0) is 17.6. The number of methoxy groups -OCH3 is 1. The normalized spacial score (nSPS) is 15.4. The maximum Gasteiger partial charge on any atom is 0.243 e. The number of amides is 1. The van der Waals surface area contributed by atoms with Crippen LogP contribution in [0.2, 0.25) is 0 Å². The van der Waals surface area contributed by atoms with Crippen LogP contribution in [-0.4, -0.2) is 44.9 Å². The second-order valence-corrected chi connectivity index (χ2v) is 7.75. The van der Waals surface area contributed by atoms with E-state index in [1.165, 1.54) is 25.3 Å². The Morgan fingerprint density at radius 3 is 2.50 bits per heavy atom. The van der Waals surface area contributed by atoms with Crippen molar-refractivity contribution in [2.75, 3.05) is 20.2 Å². The minimum Gasteiger partial charge on any atom is -0.497 e. The molecule has 1 N–H and O–H groups in total. The summed E-state index contributed by atoms with van der Waals surface area (Å²) in [6.45, 7) is 3.45. The van der Waals surface area contributed by atoms with E-state index in [0.29, 0.717) is 5.75 Å². The molecule has 6 nitrogen and oxygen atoms in total. The fourth-order valence-corrected chi connectivity index (χ4v) is 4.16. The van der Waals surface area contributed by atoms with Gasteiger partial charge in [0.05, 0.1) is 18.6 Å². The SMILES string of the molecule is C=CCN(CC(=O)NC1CCCC1)S(=O)(=O)c1ccc(OC)cc1. The summed E-state index contributed by atoms with van der Waals surface area (Å²) in [5, 5.41) is 2.91. The van der Waals surface area contributed by atoms with Crippen LogP contribution >= 0.6 is 0 Å². The summed E-state index contributed by atoms with van der Waals surface area (Å²) in [5.74, 6) is 0.295. The lowest BCUT2D eigenvalue weighted by Crippen LogP contribution is -2.43. The van der Waals surface area contributed by atoms with Crippen LogP contribution < -0.4 is 10.1 Å². The van der Waals surface area contributed by atoms with E-state index < -0.39 is 10.0 Å². The lowest BCUT2D eigenvalue weighted by atomic mass is 10.2. The number of carbonyl (C=O) groups is 1. The van der Waals surface area contributed by atoms with Crippen molar-refractivity contribution in [3.05, 3.63) is 36.9 Å². The molecular weight excluding hydrogens is 328 g/mol. The van der Waals surface area contributed by atoms with Crippen LogP contribution in [0.3, 0.4) is 0 Å². The van der Waals surface area contributed by atoms with E-state index in [0.717, 1.165) is 30.0 Å². The fraction of sp³-hybridized carbons (Fsp3) is 0.471. The van der Waals surface area contributed by atoms with E-state index in [1.807, 2.05) is 0 Å². The van der Waals surface area contributed by atoms with Crippen molar-refractivity contribution in [3.8, 4) is 5.75 Å². The summed E-state index contributed by atoms with van der Waals surface area (Å²) in [6.07, 6.45) is 5.59. The van der Waals surface area contributed by atoms with Gasteiger partial charge in [0.2, 0.25) is 15.9 Å². The Bertz CT molecular complexity index is 664. The van der Waals surface area contributed by atoms with Crippen molar-refractivity contribution in [3.63, 3.8) is 0 Å². The van der Waals surface area contributed by atoms with Gasteiger partial charge in [-0.1, -0.05) is 18.9 Å². The first-order chi connectivity index (χ1) is 11.5. The van der Waals surface area contributed by atoms with Crippen molar-refractivity contribution in [2.24, 2.45) is 0 Å². The molecule has 1 amide bonds. The van der Waals surface area contributed by atoms with Crippen LogP contribution in [0, 0.1) is 0 Å². The van der Waals surface area contributed by atoms with Gasteiger partial charge in [-0.05, 0) is 37.1 Å². The number of sulfonamides is 1. The van der Waals surface area contributed by atoms with Crippen molar-refractivity contribution in [1.82, 2.24) is 9.62 Å². The molecule has 0 aliphatic heterocycles. The van der Waals surface area contributed by atoms with Crippen LogP contribution in [0.25, 0.3) is 0 Å². The summed E-state index contributed by atoms with van der Waals surface area (Å²) in [7, 11) is -2.26. The molecule has 0 aromatic heterocycles. The Morgan fingerprint density at radius 2 is 1.96 bits per heavy atom. The predicted octanol–water partition coefficient (Wildman–Crippen LogP) is 1.93. The van der Waals surface area contributed by atoms with Gasteiger partial charge in [-0.25, -0.2) is 8.42 Å². The van der Waals surface area contributed by atoms with E-state index in [9.17, 15) is 13.2 Å². The molecule has 0 radical (unpaired) electrons. The fourth-order valence-electron chi connectivity index (χ4n) is 2.79. The van der Waals surface area contributed by atoms with E-state index in [4.69, 9.17) is 4.74 Å². The first kappa shape index (κ1) is 18.5. The zero-order valence-electron chi connectivity index (χ0n) is 13.9. The zero-order valence-corrected chi connectivity index (χ0v) is 14.7. The monoisotopic (exact) mass is 352 g/mol. The van der Waals surface area contributed by atoms with Crippen LogP contribution in [0.4, 0.5) is 0 Å². The molecule has 0 saturated heterocycles. The van der Waals surface area contributed by atoms with Crippen LogP contribution in [0.1, 0.15) is 25.7 Å². The topological polar surface area (TPSA) is 75.7 Å². The molecule has 0 bridgehead atoms. The second-order valence-electron chi connectivity index (χ2n) is 5.81. The molecule has 1 fully saturated rings. The average Bonchev–Trinajstić information content (AvgIpc) is 3.07. The average molecular weight is 352 g/mol. The highest BCUT2D eigenvalue weighted by atomic mass is 32.2. The third kappa shape index (κ3) is 4.58. The van der Waals surface area contributed by atoms with Crippen LogP contribution in [0.5, 0.6) is 5.75 Å². The number of carbonyl (C=O) groups excluding carboxylic acids is 1. The highest BCUT2D eigenvalue weighted by Crippen LogP contribution is 2.20. The molecule has 1 saturated carbocycles. The van der Waals surface area contributed by atoms with Gasteiger partial charge in [0, 0.05) is 12.6 Å². The van der Waals surface area contributed by atoms with E-state index >= 15 is 0 Å². The molecule has 0 unspecified atom stereocenters. The van der Waals surface area contributed by atoms with Crippen molar-refractivity contribution < 1.29 is 17.9 Å². The van der Waals surface area contributed by atoms with E-state index in [1.54, 1.807) is 12.1 Å². The molecule has 0 atom stereocenters. The van der Waals surface area contributed by atoms with Crippen molar-refractivity contribution in [1.29, 1.82) is 0 Å². The summed E-state index contributed by atoms with van der Waals surface area (Å²) in [4.78, 5) is 12.3. The molecule has 1 aliphatic rings. The lowest BCUT2D eigenvalue weighted by Gasteiger charge is -2.21. The first-order valence-electron chi connectivity index (χ1n) is 8.02. The van der Waals surface area contributed by atoms with Gasteiger partial charge in [0.25, 0.3) is 0 Å². The van der Waals surface area contributed by atoms with E-state index in [2.05, 4.69) is 11.9 Å². The molecule has 1 aliphatic carbocycles. The molecule has 132 valence electrons. The van der Waals surface area contributed by atoms with Gasteiger partial charge in [-0.15, -0.1) is 6.58 Å². The molecular formula is C17H24N2O4S. The van der Waals surface area contributed by atoms with Crippen LogP contribution in [-0.2, 0) is 14.8 Å². The molecule has 0 spiro atoms. The summed E-state index contributed by atoms with van der Waals surface area (Å²) < 4.78 is 31.7. The van der Waals surface area contributed by atoms with Gasteiger partial charge in [-0.3, -0.25) is 4.79 Å². The third-order valence-corrected chi connectivity index (χ3v) is 5.90. The molecule has 1 aromatic carbocycles. The minimum absolute atomic E-state index is 0.0758. The predicted molar refractivity (Wildman–Crippen MR) is 92.3 cm³/mol. The van der Waals surface area contributed by atoms with Gasteiger partial charge >= 0.3 is 0 Å². The van der Waals surface area contributed by atoms with Gasteiger partial charge in [0.15, 0.2) is 0 Å². The number of nitrogens with one attached hydrogen (secondary N) is 1. The van der Waals surface area contributed by atoms with Crippen molar-refractivity contribution in [2.45, 2.75) is 36.6 Å². The number of hydrogen-bond donors (Lipinski definition) is 1. The third-order valence-electron chi connectivity index (χ3n) is 4.07. The summed E-state index contributed by atoms with van der Waals surface area (Å²) in [6, 6.07) is 6.26. The molecule has 0 heterocycles. The maximum atomic E-state index is 12.8. The first-order valence-corrected chi connectivity index (χ1v) is 9.46. The number of nitrogens with zero attached hydrogens (tertiary/aromatic N) is 1. The van der Waals surface area contributed by atoms with Gasteiger partial charge < -0.3 is 10.1 Å². The molecule has 1 aromatic rings. The smallest absolute Gasteiger partial charge is 0.243 e. The Labute approximate surface area is 143 Å². The Balaban J connectivity index is 2.11. The number of ether oxygens (including phenoxy) is 1. The minimum atomic E-state index is -3.77. The standard InChI is InChI=1S/C17H24N2O4S/c1-3-12-19(13-17(20)18-14-6-4-5-7-14)24(21,22)16-10-8-15(23-2)9-11-16/h3,8-11,14H,1,4-7,12-13H2,2H3,(H,18,20). The Hall–Kier alpha value is -1.86. The van der Waals surface area contributed by atoms with Gasteiger partial charge in [0.1, 0.15) is 5.75 Å². The Kier molecular flexibility index (Phi) is 6.39. The largest absolute Gasteiger partial charge is 0.497 e. The summed E-state index contributed by atoms with van der Waals surface area (Å²) >= 11 is 0. The number of hydrogen-bond acceptors (Lipinski definition) is 4. The number of benzene rings is 1. The Morgan fingerprint density at radius 1 is 1.33 bits per heavy atom. The lowest BCUT2D eigenvalue weighted by molar-refractivity contribution is -0.121. The second kappa shape index (κ2) is 8.30. The maximum absolute atomic E-state index is 12.8. The quantitative estimate of drug-likeness (QED) is 0.726. The van der Waals surface area contributed by atoms with E-state index in [-0.39, 0.29) is 29.9 Å². The van der Waals surface area contributed by atoms with Crippen molar-refractivity contribution >= 4 is 15.9 Å². The van der Waals surface area contributed by atoms with Gasteiger partial charge in [-0.2, -0.15) is 4.31 Å².